The fourth-order valence-electron chi connectivity index (χ4n) is 1.72. The van der Waals surface area contributed by atoms with Crippen LogP contribution in [0.3, 0.4) is 0 Å². The van der Waals surface area contributed by atoms with Crippen LogP contribution in [0.1, 0.15) is 25.7 Å². The minimum atomic E-state index is 1.12. The van der Waals surface area contributed by atoms with E-state index in [1.54, 1.807) is 0 Å². The average molecular weight is 196 g/mol. The lowest BCUT2D eigenvalue weighted by Crippen LogP contribution is -1.98. The van der Waals surface area contributed by atoms with E-state index in [1.807, 2.05) is 0 Å². The summed E-state index contributed by atoms with van der Waals surface area (Å²) in [5, 5.41) is 0. The lowest BCUT2D eigenvalue weighted by molar-refractivity contribution is 0.814. The lowest BCUT2D eigenvalue weighted by Gasteiger charge is -2.12. The van der Waals surface area contributed by atoms with E-state index in [4.69, 9.17) is 0 Å². The molecule has 0 bridgehead atoms. The zero-order chi connectivity index (χ0) is 10.3. The highest BCUT2D eigenvalue weighted by Gasteiger charge is 2.15. The molecular formula is C15H16. The molecule has 0 aromatic rings. The molecule has 0 aliphatic heterocycles. The van der Waals surface area contributed by atoms with Gasteiger partial charge < -0.3 is 0 Å². The number of allylic oxidation sites excluding steroid dienone is 4. The van der Waals surface area contributed by atoms with E-state index >= 15 is 0 Å². The summed E-state index contributed by atoms with van der Waals surface area (Å²) < 4.78 is 0. The van der Waals surface area contributed by atoms with Crippen LogP contribution >= 0.6 is 0 Å². The first-order valence-electron chi connectivity index (χ1n) is 5.61. The van der Waals surface area contributed by atoms with Crippen molar-refractivity contribution in [2.75, 3.05) is 0 Å². The normalized spacial score (nSPS) is 28.0. The molecule has 0 heterocycles. The third-order valence-electron chi connectivity index (χ3n) is 2.58. The standard InChI is InChI=1S/C15H16/c1-2-4-8-14(9-5-3-1)12-13-15-10-6-7-11-15/h1-2,6-7,9-11,13H,3-5,8H2/b2-1-,13-12?. The Morgan fingerprint density at radius 3 is 2.67 bits per heavy atom. The van der Waals surface area contributed by atoms with Crippen LogP contribution in [0, 0.1) is 50.0 Å². The van der Waals surface area contributed by atoms with Crippen molar-refractivity contribution >= 4 is 0 Å². The molecule has 0 unspecified atom stereocenters. The SMILES string of the molecule is [C](=C[C]1[CH][CH][CH][CH]1)[C]1[CH]CC/C=C\CC1. The van der Waals surface area contributed by atoms with Gasteiger partial charge in [-0.05, 0) is 63.9 Å². The summed E-state index contributed by atoms with van der Waals surface area (Å²) in [7, 11) is 0. The van der Waals surface area contributed by atoms with E-state index in [1.165, 1.54) is 18.3 Å². The summed E-state index contributed by atoms with van der Waals surface area (Å²) in [5.74, 6) is 2.59. The third-order valence-corrected chi connectivity index (χ3v) is 2.58. The Kier molecular flexibility index (Phi) is 4.50. The van der Waals surface area contributed by atoms with Gasteiger partial charge in [0.05, 0.1) is 0 Å². The van der Waals surface area contributed by atoms with Crippen molar-refractivity contribution in [3.05, 3.63) is 68.2 Å². The minimum absolute atomic E-state index is 1.12. The van der Waals surface area contributed by atoms with Crippen molar-refractivity contribution in [1.29, 1.82) is 0 Å². The summed E-state index contributed by atoms with van der Waals surface area (Å²) in [6.07, 6.45) is 25.2. The van der Waals surface area contributed by atoms with Crippen molar-refractivity contribution in [3.8, 4) is 0 Å². The van der Waals surface area contributed by atoms with Crippen LogP contribution < -0.4 is 0 Å². The van der Waals surface area contributed by atoms with Crippen molar-refractivity contribution in [2.45, 2.75) is 25.7 Å². The van der Waals surface area contributed by atoms with E-state index in [-0.39, 0.29) is 0 Å². The molecule has 2 aliphatic rings. The monoisotopic (exact) mass is 196 g/mol. The van der Waals surface area contributed by atoms with E-state index in [0.29, 0.717) is 0 Å². The molecule has 0 aromatic heterocycles. The lowest BCUT2D eigenvalue weighted by atomic mass is 9.92. The molecule has 76 valence electrons. The first-order valence-corrected chi connectivity index (χ1v) is 5.61. The second-order valence-corrected chi connectivity index (χ2v) is 3.82. The maximum atomic E-state index is 3.39. The molecule has 15 heavy (non-hydrogen) atoms. The summed E-state index contributed by atoms with van der Waals surface area (Å²) >= 11 is 0. The van der Waals surface area contributed by atoms with Gasteiger partial charge in [0, 0.05) is 11.8 Å². The Morgan fingerprint density at radius 2 is 1.80 bits per heavy atom. The predicted octanol–water partition coefficient (Wildman–Crippen LogP) is 3.66. The quantitative estimate of drug-likeness (QED) is 0.591. The molecule has 1 saturated carbocycles. The zero-order valence-corrected chi connectivity index (χ0v) is 8.95. The van der Waals surface area contributed by atoms with Gasteiger partial charge in [-0.2, -0.15) is 0 Å². The molecule has 2 rings (SSSR count). The van der Waals surface area contributed by atoms with Crippen molar-refractivity contribution in [3.63, 3.8) is 0 Å². The van der Waals surface area contributed by atoms with Crippen LogP contribution in [0.4, 0.5) is 0 Å². The molecule has 1 fully saturated rings. The molecule has 0 amide bonds. The smallest absolute Gasteiger partial charge is 0.00868 e. The van der Waals surface area contributed by atoms with Crippen LogP contribution in [0.25, 0.3) is 0 Å². The fraction of sp³-hybridized carbons (Fsp3) is 0.267. The van der Waals surface area contributed by atoms with Gasteiger partial charge in [0.1, 0.15) is 0 Å². The highest BCUT2D eigenvalue weighted by Crippen LogP contribution is 2.26. The van der Waals surface area contributed by atoms with Crippen LogP contribution in [0.2, 0.25) is 0 Å². The Hall–Kier alpha value is -0.520. The van der Waals surface area contributed by atoms with Gasteiger partial charge in [0.15, 0.2) is 0 Å². The predicted molar refractivity (Wildman–Crippen MR) is 63.4 cm³/mol. The number of rotatable bonds is 2. The van der Waals surface area contributed by atoms with E-state index < -0.39 is 0 Å². The number of hydrogen-bond acceptors (Lipinski definition) is 0. The van der Waals surface area contributed by atoms with Crippen LogP contribution in [-0.4, -0.2) is 0 Å². The van der Waals surface area contributed by atoms with Gasteiger partial charge in [-0.1, -0.05) is 18.2 Å². The molecule has 0 saturated heterocycles. The van der Waals surface area contributed by atoms with Gasteiger partial charge >= 0.3 is 0 Å². The first kappa shape index (κ1) is 11.0. The first-order chi connectivity index (χ1) is 7.45. The van der Waals surface area contributed by atoms with Crippen molar-refractivity contribution < 1.29 is 0 Å². The van der Waals surface area contributed by atoms with Gasteiger partial charge in [-0.3, -0.25) is 0 Å². The molecule has 0 atom stereocenters. The zero-order valence-electron chi connectivity index (χ0n) is 8.95. The van der Waals surface area contributed by atoms with Gasteiger partial charge in [-0.25, -0.2) is 0 Å². The summed E-state index contributed by atoms with van der Waals surface area (Å²) in [5.41, 5.74) is 0. The van der Waals surface area contributed by atoms with Gasteiger partial charge in [-0.15, -0.1) is 0 Å². The molecule has 0 spiro atoms. The maximum Gasteiger partial charge on any atom is 0.00868 e. The van der Waals surface area contributed by atoms with Crippen molar-refractivity contribution in [2.24, 2.45) is 0 Å². The topological polar surface area (TPSA) is 0 Å². The van der Waals surface area contributed by atoms with Gasteiger partial charge in [0.25, 0.3) is 0 Å². The Balaban J connectivity index is 1.78. The summed E-state index contributed by atoms with van der Waals surface area (Å²) in [6, 6.07) is 0. The van der Waals surface area contributed by atoms with E-state index in [0.717, 1.165) is 19.3 Å². The Labute approximate surface area is 94.5 Å². The van der Waals surface area contributed by atoms with Gasteiger partial charge in [0.2, 0.25) is 0 Å². The molecular weight excluding hydrogens is 180 g/mol. The maximum absolute atomic E-state index is 3.39. The van der Waals surface area contributed by atoms with Crippen molar-refractivity contribution in [1.82, 2.24) is 0 Å². The van der Waals surface area contributed by atoms with Crippen LogP contribution in [0.15, 0.2) is 18.2 Å². The van der Waals surface area contributed by atoms with Crippen LogP contribution in [0.5, 0.6) is 0 Å². The molecule has 0 nitrogen and oxygen atoms in total. The van der Waals surface area contributed by atoms with Crippen LogP contribution in [-0.2, 0) is 0 Å². The highest BCUT2D eigenvalue weighted by atomic mass is 14.2. The molecule has 8 radical (unpaired) electrons. The van der Waals surface area contributed by atoms with E-state index in [2.05, 4.69) is 56.4 Å². The largest absolute Gasteiger partial charge is 0.0885 e. The Bertz CT molecular complexity index is 218. The summed E-state index contributed by atoms with van der Waals surface area (Å²) in [6.45, 7) is 0. The third kappa shape index (κ3) is 3.85. The Morgan fingerprint density at radius 1 is 1.00 bits per heavy atom. The molecule has 0 heteroatoms. The molecule has 0 aromatic carbocycles. The summed E-state index contributed by atoms with van der Waals surface area (Å²) in [4.78, 5) is 0. The van der Waals surface area contributed by atoms with E-state index in [9.17, 15) is 0 Å². The second kappa shape index (κ2) is 6.15. The fourth-order valence-corrected chi connectivity index (χ4v) is 1.72. The highest BCUT2D eigenvalue weighted by molar-refractivity contribution is 5.42. The second-order valence-electron chi connectivity index (χ2n) is 3.82. The molecule has 2 aliphatic carbocycles. The molecule has 0 N–H and O–H groups in total. The average Bonchev–Trinajstić information content (AvgIpc) is 2.68. The number of hydrogen-bond donors (Lipinski definition) is 0. The minimum Gasteiger partial charge on any atom is -0.0885 e.